The minimum absolute atomic E-state index is 0. The summed E-state index contributed by atoms with van der Waals surface area (Å²) in [7, 11) is 0. The molecule has 2 saturated heterocycles. The van der Waals surface area contributed by atoms with Gasteiger partial charge in [0.1, 0.15) is 23.8 Å². The zero-order chi connectivity index (χ0) is 27.9. The molecule has 2 bridgehead atoms. The summed E-state index contributed by atoms with van der Waals surface area (Å²) in [5, 5.41) is 7.45. The van der Waals surface area contributed by atoms with Gasteiger partial charge in [-0.2, -0.15) is 0 Å². The Kier molecular flexibility index (Phi) is 8.49. The van der Waals surface area contributed by atoms with Crippen molar-refractivity contribution in [2.75, 3.05) is 6.61 Å². The van der Waals surface area contributed by atoms with Gasteiger partial charge in [0.2, 0.25) is 18.1 Å². The molecule has 3 fully saturated rings. The first-order valence-corrected chi connectivity index (χ1v) is 13.7. The second-order valence-corrected chi connectivity index (χ2v) is 11.7. The summed E-state index contributed by atoms with van der Waals surface area (Å²) in [6, 6.07) is 7.04. The minimum Gasteiger partial charge on any atom is -0.433 e. The van der Waals surface area contributed by atoms with E-state index in [1.54, 1.807) is 18.0 Å². The van der Waals surface area contributed by atoms with E-state index in [9.17, 15) is 19.2 Å². The average molecular weight is 553 g/mol. The lowest BCUT2D eigenvalue weighted by Crippen LogP contribution is -2.62. The lowest BCUT2D eigenvalue weighted by Gasteiger charge is -2.40. The maximum atomic E-state index is 14.2. The largest absolute Gasteiger partial charge is 0.433 e. The highest BCUT2D eigenvalue weighted by Crippen LogP contribution is 2.44. The van der Waals surface area contributed by atoms with Crippen molar-refractivity contribution in [3.63, 3.8) is 0 Å². The first-order chi connectivity index (χ1) is 18.6. The van der Waals surface area contributed by atoms with Crippen LogP contribution < -0.4 is 10.6 Å². The van der Waals surface area contributed by atoms with Gasteiger partial charge >= 0.3 is 5.97 Å². The second kappa shape index (κ2) is 11.5. The number of fused-ring (bicyclic) bond motifs is 3. The predicted octanol–water partition coefficient (Wildman–Crippen LogP) is 3.19. The molecule has 1 aromatic carbocycles. The van der Waals surface area contributed by atoms with E-state index in [1.807, 2.05) is 51.1 Å². The van der Waals surface area contributed by atoms with Crippen molar-refractivity contribution in [1.29, 1.82) is 0 Å². The van der Waals surface area contributed by atoms with E-state index in [4.69, 9.17) is 9.47 Å². The highest BCUT2D eigenvalue weighted by Gasteiger charge is 2.54. The zero-order valence-corrected chi connectivity index (χ0v) is 22.8. The number of benzene rings is 1. The van der Waals surface area contributed by atoms with Crippen molar-refractivity contribution in [2.45, 2.75) is 91.3 Å². The maximum Gasteiger partial charge on any atom is 0.310 e. The number of esters is 1. The number of carbonyl (C=O) groups excluding carboxylic acids is 4. The molecule has 10 heteroatoms. The van der Waals surface area contributed by atoms with Crippen LogP contribution in [0.3, 0.4) is 0 Å². The lowest BCUT2D eigenvalue weighted by atomic mass is 9.84. The number of ether oxygens (including phenoxy) is 2. The minimum atomic E-state index is -0.881. The Morgan fingerprint density at radius 1 is 1.18 bits per heavy atom. The van der Waals surface area contributed by atoms with Gasteiger partial charge in [0.05, 0.1) is 6.42 Å². The molecule has 2 N–H and O–H groups in total. The third-order valence-corrected chi connectivity index (χ3v) is 8.01. The molecule has 0 radical (unpaired) electrons. The van der Waals surface area contributed by atoms with Gasteiger partial charge in [0.25, 0.3) is 5.91 Å². The second-order valence-electron chi connectivity index (χ2n) is 11.7. The number of likely N-dealkylation sites (tertiary alicyclic amines) is 1. The van der Waals surface area contributed by atoms with Gasteiger partial charge in [-0.05, 0) is 49.0 Å². The Hall–Kier alpha value is -3.53. The molecule has 0 spiro atoms. The third-order valence-electron chi connectivity index (χ3n) is 8.01. The van der Waals surface area contributed by atoms with E-state index in [2.05, 4.69) is 15.6 Å². The molecule has 3 heterocycles. The Morgan fingerprint density at radius 3 is 2.65 bits per heavy atom. The molecule has 40 heavy (non-hydrogen) atoms. The quantitative estimate of drug-likeness (QED) is 0.505. The molecular weight excluding hydrogens is 512 g/mol. The summed E-state index contributed by atoms with van der Waals surface area (Å²) in [6.07, 6.45) is 3.14. The molecule has 2 aliphatic heterocycles. The van der Waals surface area contributed by atoms with Crippen LogP contribution in [0.1, 0.15) is 71.3 Å². The molecule has 1 aliphatic carbocycles. The van der Waals surface area contributed by atoms with E-state index >= 15 is 0 Å². The van der Waals surface area contributed by atoms with Crippen LogP contribution in [0.4, 0.5) is 0 Å². The molecule has 1 unspecified atom stereocenters. The number of piperidine rings is 1. The van der Waals surface area contributed by atoms with Gasteiger partial charge in [0.15, 0.2) is 0 Å². The molecule has 6 atom stereocenters. The fourth-order valence-corrected chi connectivity index (χ4v) is 6.18. The molecule has 216 valence electrons. The number of amides is 3. The van der Waals surface area contributed by atoms with E-state index < -0.39 is 41.7 Å². The first kappa shape index (κ1) is 29.5. The number of cyclic esters (lactones) is 1. The van der Waals surface area contributed by atoms with Crippen LogP contribution in [0, 0.1) is 11.3 Å². The highest BCUT2D eigenvalue weighted by atomic mass is 16.7. The summed E-state index contributed by atoms with van der Waals surface area (Å²) in [6.45, 7) is 7.80. The normalized spacial score (nSPS) is 26.2. The van der Waals surface area contributed by atoms with Crippen LogP contribution >= 0.6 is 0 Å². The van der Waals surface area contributed by atoms with Crippen molar-refractivity contribution in [2.24, 2.45) is 11.3 Å². The topological polar surface area (TPSA) is 127 Å². The number of aromatic nitrogens is 1. The van der Waals surface area contributed by atoms with Crippen LogP contribution in [0.2, 0.25) is 0 Å². The molecule has 1 saturated carbocycles. The summed E-state index contributed by atoms with van der Waals surface area (Å²) in [4.78, 5) is 59.1. The zero-order valence-electron chi connectivity index (χ0n) is 22.8. The summed E-state index contributed by atoms with van der Waals surface area (Å²) >= 11 is 0. The lowest BCUT2D eigenvalue weighted by molar-refractivity contribution is -0.165. The van der Waals surface area contributed by atoms with Crippen LogP contribution in [0.25, 0.3) is 10.8 Å². The number of pyridine rings is 1. The molecule has 3 aliphatic rings. The smallest absolute Gasteiger partial charge is 0.310 e. The Labute approximate surface area is 235 Å². The van der Waals surface area contributed by atoms with Crippen LogP contribution in [0.15, 0.2) is 36.5 Å². The predicted molar refractivity (Wildman–Crippen MR) is 149 cm³/mol. The van der Waals surface area contributed by atoms with Crippen LogP contribution in [-0.2, 0) is 23.9 Å². The van der Waals surface area contributed by atoms with E-state index in [1.165, 1.54) is 0 Å². The number of hydrogen-bond donors (Lipinski definition) is 2. The fraction of sp³-hybridized carbons (Fsp3) is 0.567. The van der Waals surface area contributed by atoms with E-state index in [-0.39, 0.29) is 43.3 Å². The van der Waals surface area contributed by atoms with Gasteiger partial charge in [0, 0.05) is 24.2 Å². The van der Waals surface area contributed by atoms with E-state index in [0.717, 1.165) is 24.6 Å². The van der Waals surface area contributed by atoms with Crippen molar-refractivity contribution < 1.29 is 28.7 Å². The molecule has 3 amide bonds. The van der Waals surface area contributed by atoms with Gasteiger partial charge < -0.3 is 25.0 Å². The number of nitrogens with zero attached hydrogens (tertiary/aromatic N) is 2. The molecule has 5 rings (SSSR count). The van der Waals surface area contributed by atoms with Crippen LogP contribution in [-0.4, -0.2) is 70.6 Å². The van der Waals surface area contributed by atoms with Gasteiger partial charge in [-0.15, -0.1) is 0 Å². The van der Waals surface area contributed by atoms with Crippen LogP contribution in [0.5, 0.6) is 0 Å². The van der Waals surface area contributed by atoms with Gasteiger partial charge in [-0.1, -0.05) is 52.5 Å². The van der Waals surface area contributed by atoms with Crippen molar-refractivity contribution in [3.05, 3.63) is 42.2 Å². The highest BCUT2D eigenvalue weighted by molar-refractivity contribution is 6.06. The Morgan fingerprint density at radius 2 is 1.93 bits per heavy atom. The number of hydrogen-bond acceptors (Lipinski definition) is 7. The monoisotopic (exact) mass is 552 g/mol. The van der Waals surface area contributed by atoms with Gasteiger partial charge in [-0.25, -0.2) is 0 Å². The molecule has 1 aromatic heterocycles. The Balaban J connectivity index is 0.00000370. The third kappa shape index (κ3) is 5.54. The number of rotatable bonds is 7. The van der Waals surface area contributed by atoms with Crippen molar-refractivity contribution in [1.82, 2.24) is 20.5 Å². The maximum absolute atomic E-state index is 14.2. The van der Waals surface area contributed by atoms with Crippen molar-refractivity contribution in [3.8, 4) is 0 Å². The average Bonchev–Trinajstić information content (AvgIpc) is 3.60. The molecule has 2 aromatic rings. The number of carbonyl (C=O) groups is 4. The Bertz CT molecular complexity index is 1290. The SMILES string of the molecule is C.CCO[C@H]1OC(=O)C[C@@H]1NC(=O)[C@@H]1[C@H]2CCC(C2)N1C(=O)[C@@H](NC(=O)c1nccc2ccccc12)C(C)(C)C. The summed E-state index contributed by atoms with van der Waals surface area (Å²) in [5.41, 5.74) is -0.383. The standard InChI is InChI=1S/C29H36N4O6.CH4/c1-5-38-28-20(15-21(34)39-28)31-26(36)23-17-10-11-18(14-17)33(23)27(37)24(29(2,3)4)32-25(35)22-19-9-7-6-8-16(19)12-13-30-22;/h6-9,12-13,17-18,20,23-24,28H,5,10-11,14-15H2,1-4H3,(H,31,36)(H,32,35);1H4/t17-,18?,20-,23-,24+,28-;/m0./s1. The summed E-state index contributed by atoms with van der Waals surface area (Å²) < 4.78 is 10.7. The van der Waals surface area contributed by atoms with E-state index in [0.29, 0.717) is 12.0 Å². The fourth-order valence-electron chi connectivity index (χ4n) is 6.18. The van der Waals surface area contributed by atoms with Gasteiger partial charge in [-0.3, -0.25) is 24.2 Å². The summed E-state index contributed by atoms with van der Waals surface area (Å²) in [5.74, 6) is -1.47. The number of nitrogens with one attached hydrogen (secondary N) is 2. The van der Waals surface area contributed by atoms with Crippen molar-refractivity contribution >= 4 is 34.5 Å². The molecular formula is C30H40N4O6. The first-order valence-electron chi connectivity index (χ1n) is 13.7. The molecule has 10 nitrogen and oxygen atoms in total.